The predicted octanol–water partition coefficient (Wildman–Crippen LogP) is 1.57. The van der Waals surface area contributed by atoms with Crippen molar-refractivity contribution in [3.05, 3.63) is 0 Å². The zero-order valence-electron chi connectivity index (χ0n) is 10.1. The lowest BCUT2D eigenvalue weighted by atomic mass is 9.90. The fourth-order valence-corrected chi connectivity index (χ4v) is 5.50. The van der Waals surface area contributed by atoms with Gasteiger partial charge in [-0.25, -0.2) is 8.42 Å². The Balaban J connectivity index is 1.89. The van der Waals surface area contributed by atoms with E-state index in [2.05, 4.69) is 0 Å². The van der Waals surface area contributed by atoms with Gasteiger partial charge in [0, 0.05) is 6.04 Å². The van der Waals surface area contributed by atoms with E-state index < -0.39 is 9.84 Å². The Morgan fingerprint density at radius 1 is 1.31 bits per heavy atom. The summed E-state index contributed by atoms with van der Waals surface area (Å²) in [6.07, 6.45) is 5.75. The summed E-state index contributed by atoms with van der Waals surface area (Å²) in [6, 6.07) is -0.177. The minimum absolute atomic E-state index is 0.177. The standard InChI is InChI=1S/C12H23NO2S/c1-2-12(13)8-16(14,15)7-11-6-9-3-4-10(11)5-9/h9-12H,2-8,13H2,1H3. The third-order valence-electron chi connectivity index (χ3n) is 4.34. The highest BCUT2D eigenvalue weighted by Crippen LogP contribution is 2.48. The second kappa shape index (κ2) is 4.65. The van der Waals surface area contributed by atoms with E-state index >= 15 is 0 Å². The van der Waals surface area contributed by atoms with E-state index in [1.165, 1.54) is 19.3 Å². The maximum Gasteiger partial charge on any atom is 0.152 e. The molecule has 2 bridgehead atoms. The monoisotopic (exact) mass is 245 g/mol. The molecular weight excluding hydrogens is 222 g/mol. The zero-order chi connectivity index (χ0) is 11.8. The normalized spacial score (nSPS) is 35.5. The van der Waals surface area contributed by atoms with Crippen molar-refractivity contribution >= 4 is 9.84 Å². The summed E-state index contributed by atoms with van der Waals surface area (Å²) in [5.41, 5.74) is 5.73. The third kappa shape index (κ3) is 2.77. The van der Waals surface area contributed by atoms with Gasteiger partial charge in [-0.15, -0.1) is 0 Å². The first-order chi connectivity index (χ1) is 7.50. The molecule has 2 aliphatic carbocycles. The molecule has 94 valence electrons. The minimum atomic E-state index is -2.92. The van der Waals surface area contributed by atoms with Crippen LogP contribution in [0.2, 0.25) is 0 Å². The second-order valence-electron chi connectivity index (χ2n) is 5.68. The molecule has 4 heteroatoms. The first-order valence-electron chi connectivity index (χ1n) is 6.46. The van der Waals surface area contributed by atoms with Crippen LogP contribution in [0.1, 0.15) is 39.0 Å². The lowest BCUT2D eigenvalue weighted by molar-refractivity contribution is 0.360. The van der Waals surface area contributed by atoms with E-state index in [9.17, 15) is 8.42 Å². The molecule has 0 aliphatic heterocycles. The van der Waals surface area contributed by atoms with Gasteiger partial charge in [-0.1, -0.05) is 13.3 Å². The van der Waals surface area contributed by atoms with Crippen LogP contribution in [0.4, 0.5) is 0 Å². The fraction of sp³-hybridized carbons (Fsp3) is 1.00. The summed E-state index contributed by atoms with van der Waals surface area (Å²) in [5, 5.41) is 0. The first-order valence-corrected chi connectivity index (χ1v) is 8.28. The maximum absolute atomic E-state index is 12.0. The molecule has 4 unspecified atom stereocenters. The average molecular weight is 245 g/mol. The van der Waals surface area contributed by atoms with Crippen LogP contribution in [0.15, 0.2) is 0 Å². The van der Waals surface area contributed by atoms with Gasteiger partial charge in [0.15, 0.2) is 9.84 Å². The molecule has 2 fully saturated rings. The van der Waals surface area contributed by atoms with Crippen LogP contribution in [0.5, 0.6) is 0 Å². The van der Waals surface area contributed by atoms with E-state index in [4.69, 9.17) is 5.73 Å². The number of nitrogens with two attached hydrogens (primary N) is 1. The predicted molar refractivity (Wildman–Crippen MR) is 65.9 cm³/mol. The Hall–Kier alpha value is -0.0900. The van der Waals surface area contributed by atoms with Crippen molar-refractivity contribution in [1.82, 2.24) is 0 Å². The van der Waals surface area contributed by atoms with E-state index in [1.807, 2.05) is 6.92 Å². The highest BCUT2D eigenvalue weighted by atomic mass is 32.2. The van der Waals surface area contributed by atoms with Gasteiger partial charge in [-0.2, -0.15) is 0 Å². The lowest BCUT2D eigenvalue weighted by Gasteiger charge is -2.22. The summed E-state index contributed by atoms with van der Waals surface area (Å²) >= 11 is 0. The van der Waals surface area contributed by atoms with Crippen molar-refractivity contribution in [3.8, 4) is 0 Å². The summed E-state index contributed by atoms with van der Waals surface area (Å²) in [5.74, 6) is 2.52. The molecule has 0 aromatic rings. The Morgan fingerprint density at radius 3 is 2.56 bits per heavy atom. The lowest BCUT2D eigenvalue weighted by Crippen LogP contribution is -2.32. The van der Waals surface area contributed by atoms with Crippen LogP contribution < -0.4 is 5.73 Å². The molecule has 0 saturated heterocycles. The molecule has 2 rings (SSSR count). The zero-order valence-corrected chi connectivity index (χ0v) is 10.9. The Morgan fingerprint density at radius 2 is 2.06 bits per heavy atom. The molecule has 2 N–H and O–H groups in total. The number of sulfone groups is 1. The summed E-state index contributed by atoms with van der Waals surface area (Å²) < 4.78 is 23.9. The van der Waals surface area contributed by atoms with Crippen LogP contribution in [0.25, 0.3) is 0 Å². The molecule has 0 aromatic carbocycles. The Bertz CT molecular complexity index is 339. The van der Waals surface area contributed by atoms with Crippen LogP contribution in [-0.4, -0.2) is 26.0 Å². The molecule has 4 atom stereocenters. The van der Waals surface area contributed by atoms with E-state index in [0.29, 0.717) is 17.6 Å². The third-order valence-corrected chi connectivity index (χ3v) is 6.22. The fourth-order valence-electron chi connectivity index (χ4n) is 3.42. The van der Waals surface area contributed by atoms with Gasteiger partial charge in [0.05, 0.1) is 11.5 Å². The van der Waals surface area contributed by atoms with Crippen molar-refractivity contribution < 1.29 is 8.42 Å². The average Bonchev–Trinajstić information content (AvgIpc) is 2.77. The van der Waals surface area contributed by atoms with Gasteiger partial charge >= 0.3 is 0 Å². The molecular formula is C12H23NO2S. The molecule has 0 aromatic heterocycles. The molecule has 16 heavy (non-hydrogen) atoms. The van der Waals surface area contributed by atoms with E-state index in [-0.39, 0.29) is 11.8 Å². The van der Waals surface area contributed by atoms with Crippen molar-refractivity contribution in [2.24, 2.45) is 23.5 Å². The summed E-state index contributed by atoms with van der Waals surface area (Å²) in [4.78, 5) is 0. The van der Waals surface area contributed by atoms with Crippen LogP contribution in [0.3, 0.4) is 0 Å². The van der Waals surface area contributed by atoms with Crippen LogP contribution in [-0.2, 0) is 9.84 Å². The van der Waals surface area contributed by atoms with Gasteiger partial charge in [0.2, 0.25) is 0 Å². The maximum atomic E-state index is 12.0. The SMILES string of the molecule is CCC(N)CS(=O)(=O)CC1CC2CCC1C2. The topological polar surface area (TPSA) is 60.2 Å². The van der Waals surface area contributed by atoms with Gasteiger partial charge < -0.3 is 5.73 Å². The van der Waals surface area contributed by atoms with Crippen molar-refractivity contribution in [2.45, 2.75) is 45.1 Å². The molecule has 3 nitrogen and oxygen atoms in total. The molecule has 0 spiro atoms. The van der Waals surface area contributed by atoms with Gasteiger partial charge in [0.1, 0.15) is 0 Å². The highest BCUT2D eigenvalue weighted by molar-refractivity contribution is 7.91. The van der Waals surface area contributed by atoms with Gasteiger partial charge in [-0.3, -0.25) is 0 Å². The van der Waals surface area contributed by atoms with Crippen molar-refractivity contribution in [3.63, 3.8) is 0 Å². The van der Waals surface area contributed by atoms with Crippen LogP contribution >= 0.6 is 0 Å². The van der Waals surface area contributed by atoms with Crippen molar-refractivity contribution in [2.75, 3.05) is 11.5 Å². The van der Waals surface area contributed by atoms with Crippen LogP contribution in [0, 0.1) is 17.8 Å². The summed E-state index contributed by atoms with van der Waals surface area (Å²) in [6.45, 7) is 1.94. The van der Waals surface area contributed by atoms with Crippen molar-refractivity contribution in [1.29, 1.82) is 0 Å². The van der Waals surface area contributed by atoms with Gasteiger partial charge in [-0.05, 0) is 43.4 Å². The number of rotatable bonds is 5. The smallest absolute Gasteiger partial charge is 0.152 e. The number of hydrogen-bond donors (Lipinski definition) is 1. The molecule has 0 heterocycles. The quantitative estimate of drug-likeness (QED) is 0.800. The Labute approximate surface area is 98.7 Å². The first kappa shape index (κ1) is 12.4. The summed E-state index contributed by atoms with van der Waals surface area (Å²) in [7, 11) is -2.92. The number of fused-ring (bicyclic) bond motifs is 2. The molecule has 2 saturated carbocycles. The highest BCUT2D eigenvalue weighted by Gasteiger charge is 2.41. The van der Waals surface area contributed by atoms with E-state index in [1.54, 1.807) is 0 Å². The largest absolute Gasteiger partial charge is 0.327 e. The van der Waals surface area contributed by atoms with E-state index in [0.717, 1.165) is 18.8 Å². The molecule has 0 radical (unpaired) electrons. The molecule has 2 aliphatic rings. The molecule has 0 amide bonds. The minimum Gasteiger partial charge on any atom is -0.327 e. The van der Waals surface area contributed by atoms with Gasteiger partial charge in [0.25, 0.3) is 0 Å². The second-order valence-corrected chi connectivity index (χ2v) is 7.83. The Kier molecular flexibility index (Phi) is 3.59. The number of hydrogen-bond acceptors (Lipinski definition) is 3.